The zero-order valence-electron chi connectivity index (χ0n) is 15.8. The second-order valence-corrected chi connectivity index (χ2v) is 5.91. The molecule has 152 valence electrons. The summed E-state index contributed by atoms with van der Waals surface area (Å²) in [6.07, 6.45) is -4.35. The summed E-state index contributed by atoms with van der Waals surface area (Å²) in [6, 6.07) is 14.2. The monoisotopic (exact) mass is 395 g/mol. The number of nitrogens with one attached hydrogen (secondary N) is 2. The van der Waals surface area contributed by atoms with Crippen molar-refractivity contribution in [2.24, 2.45) is 4.99 Å². The van der Waals surface area contributed by atoms with Gasteiger partial charge in [0.05, 0.1) is 6.61 Å². The van der Waals surface area contributed by atoms with Crippen LogP contribution in [0.1, 0.15) is 18.1 Å². The van der Waals surface area contributed by atoms with Crippen LogP contribution in [-0.4, -0.2) is 32.4 Å². The maximum absolute atomic E-state index is 12.2. The lowest BCUT2D eigenvalue weighted by atomic mass is 10.2. The lowest BCUT2D eigenvalue weighted by Gasteiger charge is -2.13. The molecule has 0 atom stereocenters. The van der Waals surface area contributed by atoms with Gasteiger partial charge < -0.3 is 20.1 Å². The fourth-order valence-electron chi connectivity index (χ4n) is 2.37. The van der Waals surface area contributed by atoms with Crippen molar-refractivity contribution in [2.75, 3.05) is 20.3 Å². The molecule has 0 radical (unpaired) electrons. The van der Waals surface area contributed by atoms with E-state index in [0.717, 1.165) is 16.9 Å². The van der Waals surface area contributed by atoms with Gasteiger partial charge in [0.1, 0.15) is 11.5 Å². The highest BCUT2D eigenvalue weighted by Crippen LogP contribution is 2.19. The quantitative estimate of drug-likeness (QED) is 0.526. The molecule has 0 unspecified atom stereocenters. The summed E-state index contributed by atoms with van der Waals surface area (Å²) in [7, 11) is 1.67. The van der Waals surface area contributed by atoms with Crippen LogP contribution in [0.25, 0.3) is 0 Å². The topological polar surface area (TPSA) is 54.9 Å². The minimum Gasteiger partial charge on any atom is -0.494 e. The van der Waals surface area contributed by atoms with Crippen LogP contribution >= 0.6 is 0 Å². The minimum absolute atomic E-state index is 0.178. The first-order chi connectivity index (χ1) is 13.4. The molecule has 0 heterocycles. The van der Waals surface area contributed by atoms with Crippen molar-refractivity contribution in [3.63, 3.8) is 0 Å². The molecule has 0 aliphatic carbocycles. The summed E-state index contributed by atoms with van der Waals surface area (Å²) >= 11 is 0. The average molecular weight is 395 g/mol. The first-order valence-corrected chi connectivity index (χ1v) is 8.84. The number of alkyl halides is 3. The molecule has 2 N–H and O–H groups in total. The largest absolute Gasteiger partial charge is 0.494 e. The summed E-state index contributed by atoms with van der Waals surface area (Å²) in [4.78, 5) is 4.16. The van der Waals surface area contributed by atoms with Crippen LogP contribution in [0.2, 0.25) is 0 Å². The second-order valence-electron chi connectivity index (χ2n) is 5.91. The Labute approximate surface area is 162 Å². The van der Waals surface area contributed by atoms with Crippen LogP contribution in [0.4, 0.5) is 13.2 Å². The second kappa shape index (κ2) is 10.4. The van der Waals surface area contributed by atoms with Gasteiger partial charge in [-0.15, -0.1) is 0 Å². The van der Waals surface area contributed by atoms with E-state index in [9.17, 15) is 13.2 Å². The van der Waals surface area contributed by atoms with Crippen molar-refractivity contribution in [1.82, 2.24) is 10.6 Å². The molecule has 0 aliphatic rings. The van der Waals surface area contributed by atoms with Crippen LogP contribution in [-0.2, 0) is 13.1 Å². The number of benzene rings is 2. The van der Waals surface area contributed by atoms with Gasteiger partial charge in [0.2, 0.25) is 0 Å². The Kier molecular flexibility index (Phi) is 7.98. The van der Waals surface area contributed by atoms with Crippen LogP contribution < -0.4 is 20.1 Å². The Morgan fingerprint density at radius 2 is 1.61 bits per heavy atom. The van der Waals surface area contributed by atoms with Gasteiger partial charge in [-0.25, -0.2) is 0 Å². The molecule has 2 aromatic carbocycles. The number of halogens is 3. The maximum Gasteiger partial charge on any atom is 0.422 e. The van der Waals surface area contributed by atoms with Gasteiger partial charge in [-0.05, 0) is 42.3 Å². The zero-order valence-corrected chi connectivity index (χ0v) is 15.8. The third kappa shape index (κ3) is 7.77. The normalized spacial score (nSPS) is 11.8. The van der Waals surface area contributed by atoms with Crippen LogP contribution in [0.5, 0.6) is 11.5 Å². The standard InChI is InChI=1S/C20H24F3N3O2/c1-3-27-18-6-4-5-16(11-18)13-26-19(24-2)25-12-15-7-9-17(10-8-15)28-14-20(21,22)23/h4-11H,3,12-14H2,1-2H3,(H2,24,25,26). The molecule has 0 aliphatic heterocycles. The van der Waals surface area contributed by atoms with E-state index in [1.807, 2.05) is 31.2 Å². The van der Waals surface area contributed by atoms with Gasteiger partial charge in [0.15, 0.2) is 12.6 Å². The van der Waals surface area contributed by atoms with Crippen molar-refractivity contribution in [1.29, 1.82) is 0 Å². The molecule has 0 saturated carbocycles. The molecule has 0 bridgehead atoms. The highest BCUT2D eigenvalue weighted by Gasteiger charge is 2.28. The molecule has 8 heteroatoms. The molecule has 0 fully saturated rings. The fourth-order valence-corrected chi connectivity index (χ4v) is 2.37. The summed E-state index contributed by atoms with van der Waals surface area (Å²) in [5.41, 5.74) is 1.95. The molecule has 2 rings (SSSR count). The van der Waals surface area contributed by atoms with Crippen molar-refractivity contribution < 1.29 is 22.6 Å². The summed E-state index contributed by atoms with van der Waals surface area (Å²) in [5.74, 6) is 1.61. The van der Waals surface area contributed by atoms with E-state index < -0.39 is 12.8 Å². The lowest BCUT2D eigenvalue weighted by Crippen LogP contribution is -2.36. The number of hydrogen-bond donors (Lipinski definition) is 2. The van der Waals surface area contributed by atoms with E-state index in [-0.39, 0.29) is 5.75 Å². The molecule has 28 heavy (non-hydrogen) atoms. The van der Waals surface area contributed by atoms with E-state index >= 15 is 0 Å². The van der Waals surface area contributed by atoms with Gasteiger partial charge in [-0.3, -0.25) is 4.99 Å². The molecule has 2 aromatic rings. The molecule has 0 spiro atoms. The van der Waals surface area contributed by atoms with Gasteiger partial charge in [-0.1, -0.05) is 24.3 Å². The van der Waals surface area contributed by atoms with Crippen molar-refractivity contribution in [3.8, 4) is 11.5 Å². The minimum atomic E-state index is -4.35. The van der Waals surface area contributed by atoms with Crippen molar-refractivity contribution in [2.45, 2.75) is 26.2 Å². The van der Waals surface area contributed by atoms with Crippen LogP contribution in [0.15, 0.2) is 53.5 Å². The number of aliphatic imine (C=N–C) groups is 1. The first-order valence-electron chi connectivity index (χ1n) is 8.84. The SMILES string of the molecule is CCOc1cccc(CNC(=NC)NCc2ccc(OCC(F)(F)F)cc2)c1. The highest BCUT2D eigenvalue weighted by molar-refractivity contribution is 5.79. The van der Waals surface area contributed by atoms with Crippen LogP contribution in [0, 0.1) is 0 Å². The number of rotatable bonds is 8. The molecule has 0 aromatic heterocycles. The predicted octanol–water partition coefficient (Wildman–Crippen LogP) is 3.89. The number of nitrogens with zero attached hydrogens (tertiary/aromatic N) is 1. The number of ether oxygens (including phenoxy) is 2. The van der Waals surface area contributed by atoms with Crippen molar-refractivity contribution in [3.05, 3.63) is 59.7 Å². The fraction of sp³-hybridized carbons (Fsp3) is 0.350. The van der Waals surface area contributed by atoms with E-state index in [1.165, 1.54) is 12.1 Å². The summed E-state index contributed by atoms with van der Waals surface area (Å²) in [6.45, 7) is 2.29. The van der Waals surface area contributed by atoms with Gasteiger partial charge >= 0.3 is 6.18 Å². The maximum atomic E-state index is 12.2. The number of guanidine groups is 1. The van der Waals surface area contributed by atoms with Gasteiger partial charge in [-0.2, -0.15) is 13.2 Å². The molecule has 0 amide bonds. The molecular formula is C20H24F3N3O2. The first kappa shape index (κ1) is 21.4. The van der Waals surface area contributed by atoms with Crippen molar-refractivity contribution >= 4 is 5.96 Å². The molecule has 5 nitrogen and oxygen atoms in total. The Bertz CT molecular complexity index is 762. The van der Waals surface area contributed by atoms with E-state index in [1.54, 1.807) is 19.2 Å². The Hall–Kier alpha value is -2.90. The third-order valence-corrected chi connectivity index (χ3v) is 3.68. The Morgan fingerprint density at radius 1 is 0.929 bits per heavy atom. The van der Waals surface area contributed by atoms with Gasteiger partial charge in [0, 0.05) is 20.1 Å². The lowest BCUT2D eigenvalue weighted by molar-refractivity contribution is -0.153. The summed E-state index contributed by atoms with van der Waals surface area (Å²) in [5, 5.41) is 6.37. The smallest absolute Gasteiger partial charge is 0.422 e. The van der Waals surface area contributed by atoms with Crippen LogP contribution in [0.3, 0.4) is 0 Å². The predicted molar refractivity (Wildman–Crippen MR) is 103 cm³/mol. The van der Waals surface area contributed by atoms with E-state index in [4.69, 9.17) is 9.47 Å². The molecule has 0 saturated heterocycles. The Morgan fingerprint density at radius 3 is 2.21 bits per heavy atom. The van der Waals surface area contributed by atoms with Gasteiger partial charge in [0.25, 0.3) is 0 Å². The molecular weight excluding hydrogens is 371 g/mol. The number of hydrogen-bond acceptors (Lipinski definition) is 3. The Balaban J connectivity index is 1.81. The average Bonchev–Trinajstić information content (AvgIpc) is 2.67. The zero-order chi connectivity index (χ0) is 20.4. The summed E-state index contributed by atoms with van der Waals surface area (Å²) < 4.78 is 46.7. The third-order valence-electron chi connectivity index (χ3n) is 3.68. The highest BCUT2D eigenvalue weighted by atomic mass is 19.4. The van der Waals surface area contributed by atoms with E-state index in [0.29, 0.717) is 25.7 Å². The van der Waals surface area contributed by atoms with E-state index in [2.05, 4.69) is 15.6 Å².